The zero-order valence-corrected chi connectivity index (χ0v) is 22.6. The second-order valence-electron chi connectivity index (χ2n) is 10.3. The van der Waals surface area contributed by atoms with E-state index < -0.39 is 0 Å². The second kappa shape index (κ2) is 11.7. The van der Waals surface area contributed by atoms with E-state index in [1.165, 1.54) is 36.0 Å². The Morgan fingerprint density at radius 2 is 1.67 bits per heavy atom. The van der Waals surface area contributed by atoms with E-state index in [4.69, 9.17) is 9.97 Å². The van der Waals surface area contributed by atoms with E-state index >= 15 is 0 Å². The van der Waals surface area contributed by atoms with E-state index in [2.05, 4.69) is 75.9 Å². The van der Waals surface area contributed by atoms with Crippen LogP contribution in [0.1, 0.15) is 78.7 Å². The van der Waals surface area contributed by atoms with Crippen molar-refractivity contribution in [3.63, 3.8) is 0 Å². The lowest BCUT2D eigenvalue weighted by Crippen LogP contribution is -2.49. The third-order valence-corrected chi connectivity index (χ3v) is 7.11. The van der Waals surface area contributed by atoms with Gasteiger partial charge in [-0.2, -0.15) is 0 Å². The molecule has 3 aromatic rings. The molecule has 0 radical (unpaired) electrons. The number of aryl methyl sites for hydroxylation is 3. The molecule has 0 atom stereocenters. The van der Waals surface area contributed by atoms with Gasteiger partial charge in [0.1, 0.15) is 5.82 Å². The molecular weight excluding hydrogens is 444 g/mol. The molecule has 5 heteroatoms. The lowest BCUT2D eigenvalue weighted by atomic mass is 10.0. The van der Waals surface area contributed by atoms with Gasteiger partial charge in [-0.25, -0.2) is 9.97 Å². The van der Waals surface area contributed by atoms with Gasteiger partial charge in [0, 0.05) is 48.6 Å². The first kappa shape index (κ1) is 25.9. The van der Waals surface area contributed by atoms with E-state index in [-0.39, 0.29) is 5.91 Å². The Morgan fingerprint density at radius 1 is 0.944 bits per heavy atom. The van der Waals surface area contributed by atoms with Crippen LogP contribution < -0.4 is 4.90 Å². The Labute approximate surface area is 216 Å². The molecule has 1 saturated heterocycles. The van der Waals surface area contributed by atoms with Crippen molar-refractivity contribution in [3.05, 3.63) is 76.5 Å². The quantitative estimate of drug-likeness (QED) is 0.339. The van der Waals surface area contributed by atoms with E-state index in [0.717, 1.165) is 48.0 Å². The zero-order chi connectivity index (χ0) is 25.7. The molecule has 5 nitrogen and oxygen atoms in total. The summed E-state index contributed by atoms with van der Waals surface area (Å²) in [6, 6.07) is 16.6. The molecule has 2 heterocycles. The van der Waals surface area contributed by atoms with Crippen LogP contribution in [0.3, 0.4) is 0 Å². The minimum atomic E-state index is 0.123. The predicted molar refractivity (Wildman–Crippen MR) is 149 cm³/mol. The van der Waals surface area contributed by atoms with Gasteiger partial charge >= 0.3 is 0 Å². The molecule has 0 bridgehead atoms. The highest BCUT2D eigenvalue weighted by Gasteiger charge is 2.26. The van der Waals surface area contributed by atoms with Crippen molar-refractivity contribution in [1.82, 2.24) is 14.9 Å². The number of nitrogens with zero attached hydrogens (tertiary/aromatic N) is 4. The molecule has 0 N–H and O–H groups in total. The zero-order valence-electron chi connectivity index (χ0n) is 22.6. The van der Waals surface area contributed by atoms with Crippen LogP contribution in [0.5, 0.6) is 0 Å². The van der Waals surface area contributed by atoms with Crippen LogP contribution in [0.15, 0.2) is 48.5 Å². The average Bonchev–Trinajstić information content (AvgIpc) is 2.88. The maximum Gasteiger partial charge on any atom is 0.253 e. The van der Waals surface area contributed by atoms with Gasteiger partial charge in [-0.1, -0.05) is 69.5 Å². The smallest absolute Gasteiger partial charge is 0.253 e. The van der Waals surface area contributed by atoms with Crippen molar-refractivity contribution in [3.8, 4) is 11.4 Å². The van der Waals surface area contributed by atoms with Crippen LogP contribution >= 0.6 is 0 Å². The maximum absolute atomic E-state index is 13.2. The SMILES string of the molecule is CCCCCc1ccc(C(=O)N2CCN(c3nc(-c4cccc(C)c4)nc(C)c3C(C)C)CC2)cc1. The summed E-state index contributed by atoms with van der Waals surface area (Å²) in [7, 11) is 0. The van der Waals surface area contributed by atoms with Gasteiger partial charge in [0.15, 0.2) is 5.82 Å². The fourth-order valence-corrected chi connectivity index (χ4v) is 5.09. The average molecular weight is 485 g/mol. The molecule has 1 amide bonds. The van der Waals surface area contributed by atoms with Crippen molar-refractivity contribution < 1.29 is 4.79 Å². The van der Waals surface area contributed by atoms with Gasteiger partial charge in [-0.15, -0.1) is 0 Å². The van der Waals surface area contributed by atoms with Crippen LogP contribution in [0, 0.1) is 13.8 Å². The molecule has 1 aliphatic rings. The Hall–Kier alpha value is -3.21. The molecule has 0 spiro atoms. The Bertz CT molecular complexity index is 1180. The van der Waals surface area contributed by atoms with E-state index in [1.807, 2.05) is 17.0 Å². The monoisotopic (exact) mass is 484 g/mol. The Morgan fingerprint density at radius 3 is 2.31 bits per heavy atom. The molecule has 1 fully saturated rings. The Balaban J connectivity index is 1.48. The minimum absolute atomic E-state index is 0.123. The summed E-state index contributed by atoms with van der Waals surface area (Å²) >= 11 is 0. The van der Waals surface area contributed by atoms with Crippen molar-refractivity contribution in [2.75, 3.05) is 31.1 Å². The topological polar surface area (TPSA) is 49.3 Å². The number of benzene rings is 2. The molecule has 4 rings (SSSR count). The predicted octanol–water partition coefficient (Wildman–Crippen LogP) is 6.58. The van der Waals surface area contributed by atoms with Crippen LogP contribution in [0.25, 0.3) is 11.4 Å². The van der Waals surface area contributed by atoms with Crippen molar-refractivity contribution in [1.29, 1.82) is 0 Å². The molecule has 0 unspecified atom stereocenters. The third-order valence-electron chi connectivity index (χ3n) is 7.11. The summed E-state index contributed by atoms with van der Waals surface area (Å²) in [5.41, 5.74) is 6.57. The van der Waals surface area contributed by atoms with Gasteiger partial charge in [0.05, 0.1) is 0 Å². The van der Waals surface area contributed by atoms with Gasteiger partial charge in [-0.3, -0.25) is 4.79 Å². The van der Waals surface area contributed by atoms with Gasteiger partial charge in [0.2, 0.25) is 0 Å². The number of aromatic nitrogens is 2. The summed E-state index contributed by atoms with van der Waals surface area (Å²) in [6.07, 6.45) is 4.77. The summed E-state index contributed by atoms with van der Waals surface area (Å²) in [5, 5.41) is 0. The van der Waals surface area contributed by atoms with Crippen LogP contribution in [0.4, 0.5) is 5.82 Å². The molecule has 2 aromatic carbocycles. The standard InChI is InChI=1S/C31H40N4O/c1-6-7-8-11-25-13-15-26(16-14-25)31(36)35-19-17-34(18-20-35)30-28(22(2)3)24(5)32-29(33-30)27-12-9-10-23(4)21-27/h9-10,12-16,21-22H,6-8,11,17-20H2,1-5H3. The van der Waals surface area contributed by atoms with Crippen molar-refractivity contribution in [2.24, 2.45) is 0 Å². The van der Waals surface area contributed by atoms with E-state index in [0.29, 0.717) is 19.0 Å². The molecule has 36 heavy (non-hydrogen) atoms. The number of hydrogen-bond acceptors (Lipinski definition) is 4. The molecule has 0 saturated carbocycles. The van der Waals surface area contributed by atoms with Crippen molar-refractivity contribution in [2.45, 2.75) is 66.2 Å². The fraction of sp³-hybridized carbons (Fsp3) is 0.452. The maximum atomic E-state index is 13.2. The van der Waals surface area contributed by atoms with Crippen LogP contribution in [-0.4, -0.2) is 47.0 Å². The molecule has 0 aliphatic carbocycles. The fourth-order valence-electron chi connectivity index (χ4n) is 5.09. The largest absolute Gasteiger partial charge is 0.353 e. The lowest BCUT2D eigenvalue weighted by Gasteiger charge is -2.37. The number of rotatable bonds is 8. The highest BCUT2D eigenvalue weighted by molar-refractivity contribution is 5.94. The van der Waals surface area contributed by atoms with E-state index in [9.17, 15) is 4.79 Å². The summed E-state index contributed by atoms with van der Waals surface area (Å²) in [6.45, 7) is 13.7. The van der Waals surface area contributed by atoms with E-state index in [1.54, 1.807) is 0 Å². The number of unbranched alkanes of at least 4 members (excludes halogenated alkanes) is 2. The van der Waals surface area contributed by atoms with Gasteiger partial charge < -0.3 is 9.80 Å². The summed E-state index contributed by atoms with van der Waals surface area (Å²) < 4.78 is 0. The normalized spacial score (nSPS) is 13.9. The van der Waals surface area contributed by atoms with Crippen LogP contribution in [-0.2, 0) is 6.42 Å². The number of amides is 1. The third kappa shape index (κ3) is 5.95. The first-order chi connectivity index (χ1) is 17.4. The number of hydrogen-bond donors (Lipinski definition) is 0. The molecular formula is C31H40N4O. The minimum Gasteiger partial charge on any atom is -0.353 e. The summed E-state index contributed by atoms with van der Waals surface area (Å²) in [4.78, 5) is 27.5. The highest BCUT2D eigenvalue weighted by atomic mass is 16.2. The van der Waals surface area contributed by atoms with Crippen LogP contribution in [0.2, 0.25) is 0 Å². The van der Waals surface area contributed by atoms with Gasteiger partial charge in [0.25, 0.3) is 5.91 Å². The summed E-state index contributed by atoms with van der Waals surface area (Å²) in [5.74, 6) is 2.23. The lowest BCUT2D eigenvalue weighted by molar-refractivity contribution is 0.0746. The van der Waals surface area contributed by atoms with Crippen molar-refractivity contribution >= 4 is 11.7 Å². The number of carbonyl (C=O) groups excluding carboxylic acids is 1. The number of carbonyl (C=O) groups is 1. The first-order valence-corrected chi connectivity index (χ1v) is 13.5. The second-order valence-corrected chi connectivity index (χ2v) is 10.3. The number of anilines is 1. The van der Waals surface area contributed by atoms with Gasteiger partial charge in [-0.05, 0) is 56.4 Å². The molecule has 1 aliphatic heterocycles. The first-order valence-electron chi connectivity index (χ1n) is 13.5. The Kier molecular flexibility index (Phi) is 8.40. The highest BCUT2D eigenvalue weighted by Crippen LogP contribution is 2.31. The molecule has 190 valence electrons. The number of piperazine rings is 1. The molecule has 1 aromatic heterocycles.